The van der Waals surface area contributed by atoms with E-state index in [0.717, 1.165) is 6.08 Å². The molecule has 22 heavy (non-hydrogen) atoms. The van der Waals surface area contributed by atoms with Crippen molar-refractivity contribution in [3.8, 4) is 0 Å². The number of imide groups is 1. The van der Waals surface area contributed by atoms with E-state index in [4.69, 9.17) is 9.15 Å². The summed E-state index contributed by atoms with van der Waals surface area (Å²) in [6.07, 6.45) is 2.52. The number of esters is 1. The number of nitrogens with one attached hydrogen (secondary N) is 2. The summed E-state index contributed by atoms with van der Waals surface area (Å²) in [5.74, 6) is -0.985. The molecule has 1 aromatic heterocycles. The number of urea groups is 1. The summed E-state index contributed by atoms with van der Waals surface area (Å²) in [6, 6.07) is 2.67. The van der Waals surface area contributed by atoms with Crippen molar-refractivity contribution in [3.63, 3.8) is 0 Å². The Hall–Kier alpha value is -2.09. The first-order chi connectivity index (χ1) is 10.2. The second-order valence-corrected chi connectivity index (χ2v) is 6.12. The maximum atomic E-state index is 11.4. The third-order valence-electron chi connectivity index (χ3n) is 2.06. The summed E-state index contributed by atoms with van der Waals surface area (Å²) in [6.45, 7) is 4.77. The predicted molar refractivity (Wildman–Crippen MR) is 82.8 cm³/mol. The Labute approximate surface area is 136 Å². The van der Waals surface area contributed by atoms with E-state index in [-0.39, 0.29) is 0 Å². The van der Waals surface area contributed by atoms with Gasteiger partial charge in [0, 0.05) is 11.6 Å². The molecule has 0 aliphatic carbocycles. The minimum atomic E-state index is -0.723. The fourth-order valence-electron chi connectivity index (χ4n) is 1.29. The van der Waals surface area contributed by atoms with Crippen LogP contribution >= 0.6 is 15.9 Å². The molecular weight excluding hydrogens is 356 g/mol. The van der Waals surface area contributed by atoms with E-state index >= 15 is 0 Å². The van der Waals surface area contributed by atoms with Crippen LogP contribution in [0.4, 0.5) is 4.79 Å². The Kier molecular flexibility index (Phi) is 6.36. The number of hydrogen-bond donors (Lipinski definition) is 2. The highest BCUT2D eigenvalue weighted by Gasteiger charge is 2.16. The standard InChI is InChI=1S/C14H17BrN2O5/c1-14(2,3)17-13(20)16-11(18)8-21-12(19)7-5-9-4-6-10(15)22-9/h4-7H,8H2,1-3H3,(H2,16,17,18,20)/b7-5+. The minimum absolute atomic E-state index is 0.456. The van der Waals surface area contributed by atoms with Gasteiger partial charge in [-0.15, -0.1) is 0 Å². The lowest BCUT2D eigenvalue weighted by molar-refractivity contribution is -0.143. The second-order valence-electron chi connectivity index (χ2n) is 5.34. The van der Waals surface area contributed by atoms with Crippen molar-refractivity contribution in [1.82, 2.24) is 10.6 Å². The summed E-state index contributed by atoms with van der Waals surface area (Å²) >= 11 is 3.12. The van der Waals surface area contributed by atoms with Crippen LogP contribution in [-0.2, 0) is 14.3 Å². The van der Waals surface area contributed by atoms with Crippen LogP contribution in [0.3, 0.4) is 0 Å². The van der Waals surface area contributed by atoms with Crippen LogP contribution in [0.15, 0.2) is 27.3 Å². The molecule has 1 heterocycles. The first-order valence-corrected chi connectivity index (χ1v) is 7.17. The zero-order valence-corrected chi connectivity index (χ0v) is 14.0. The Morgan fingerprint density at radius 2 is 2.00 bits per heavy atom. The molecule has 1 aromatic rings. The Morgan fingerprint density at radius 1 is 1.32 bits per heavy atom. The molecular formula is C14H17BrN2O5. The summed E-state index contributed by atoms with van der Waals surface area (Å²) in [5.41, 5.74) is -0.471. The lowest BCUT2D eigenvalue weighted by Crippen LogP contribution is -2.49. The van der Waals surface area contributed by atoms with E-state index in [2.05, 4.69) is 26.6 Å². The maximum Gasteiger partial charge on any atom is 0.331 e. The molecule has 0 bridgehead atoms. The first kappa shape index (κ1) is 18.0. The molecule has 0 aliphatic heterocycles. The van der Waals surface area contributed by atoms with Crippen LogP contribution in [0.5, 0.6) is 0 Å². The maximum absolute atomic E-state index is 11.4. The highest BCUT2D eigenvalue weighted by atomic mass is 79.9. The Bertz CT molecular complexity index is 586. The van der Waals surface area contributed by atoms with Gasteiger partial charge in [-0.05, 0) is 54.9 Å². The summed E-state index contributed by atoms with van der Waals surface area (Å²) in [4.78, 5) is 34.2. The average Bonchev–Trinajstić information content (AvgIpc) is 2.77. The van der Waals surface area contributed by atoms with Crippen LogP contribution in [0.25, 0.3) is 6.08 Å². The third-order valence-corrected chi connectivity index (χ3v) is 2.49. The van der Waals surface area contributed by atoms with E-state index in [1.807, 2.05) is 0 Å². The molecule has 3 amide bonds. The van der Waals surface area contributed by atoms with Gasteiger partial charge in [0.2, 0.25) is 0 Å². The molecule has 0 saturated heterocycles. The number of ether oxygens (including phenoxy) is 1. The van der Waals surface area contributed by atoms with Gasteiger partial charge in [0.1, 0.15) is 5.76 Å². The van der Waals surface area contributed by atoms with Crippen LogP contribution in [0.1, 0.15) is 26.5 Å². The molecule has 0 saturated carbocycles. The van der Waals surface area contributed by atoms with Crippen LogP contribution in [-0.4, -0.2) is 30.1 Å². The normalized spacial score (nSPS) is 11.3. The van der Waals surface area contributed by atoms with Crippen molar-refractivity contribution in [2.24, 2.45) is 0 Å². The van der Waals surface area contributed by atoms with Gasteiger partial charge in [-0.25, -0.2) is 9.59 Å². The molecule has 0 unspecified atom stereocenters. The van der Waals surface area contributed by atoms with Gasteiger partial charge in [0.25, 0.3) is 5.91 Å². The molecule has 2 N–H and O–H groups in total. The van der Waals surface area contributed by atoms with Gasteiger partial charge in [-0.1, -0.05) is 0 Å². The van der Waals surface area contributed by atoms with Gasteiger partial charge in [-0.3, -0.25) is 10.1 Å². The molecule has 0 radical (unpaired) electrons. The number of carbonyl (C=O) groups is 3. The fourth-order valence-corrected chi connectivity index (χ4v) is 1.61. The summed E-state index contributed by atoms with van der Waals surface area (Å²) < 4.78 is 10.4. The zero-order valence-electron chi connectivity index (χ0n) is 12.4. The highest BCUT2D eigenvalue weighted by Crippen LogP contribution is 2.14. The van der Waals surface area contributed by atoms with Crippen molar-refractivity contribution in [3.05, 3.63) is 28.6 Å². The van der Waals surface area contributed by atoms with Crippen molar-refractivity contribution < 1.29 is 23.5 Å². The summed E-state index contributed by atoms with van der Waals surface area (Å²) in [7, 11) is 0. The van der Waals surface area contributed by atoms with Gasteiger partial charge in [0.05, 0.1) is 0 Å². The number of rotatable bonds is 4. The van der Waals surface area contributed by atoms with E-state index in [1.165, 1.54) is 6.08 Å². The molecule has 0 spiro atoms. The van der Waals surface area contributed by atoms with Crippen molar-refractivity contribution >= 4 is 39.9 Å². The quantitative estimate of drug-likeness (QED) is 0.623. The molecule has 120 valence electrons. The van der Waals surface area contributed by atoms with Crippen molar-refractivity contribution in [2.75, 3.05) is 6.61 Å². The lowest BCUT2D eigenvalue weighted by atomic mass is 10.1. The van der Waals surface area contributed by atoms with E-state index in [9.17, 15) is 14.4 Å². The molecule has 0 atom stereocenters. The molecule has 0 fully saturated rings. The topological polar surface area (TPSA) is 97.6 Å². The number of furan rings is 1. The zero-order chi connectivity index (χ0) is 16.8. The number of hydrogen-bond acceptors (Lipinski definition) is 5. The predicted octanol–water partition coefficient (Wildman–Crippen LogP) is 2.22. The van der Waals surface area contributed by atoms with E-state index in [1.54, 1.807) is 32.9 Å². The lowest BCUT2D eigenvalue weighted by Gasteiger charge is -2.20. The largest absolute Gasteiger partial charge is 0.452 e. The van der Waals surface area contributed by atoms with Gasteiger partial charge in [0.15, 0.2) is 11.3 Å². The molecule has 1 rings (SSSR count). The van der Waals surface area contributed by atoms with Crippen LogP contribution in [0.2, 0.25) is 0 Å². The Balaban J connectivity index is 2.33. The van der Waals surface area contributed by atoms with Gasteiger partial charge >= 0.3 is 12.0 Å². The first-order valence-electron chi connectivity index (χ1n) is 6.38. The Morgan fingerprint density at radius 3 is 2.55 bits per heavy atom. The number of amides is 3. The summed E-state index contributed by atoms with van der Waals surface area (Å²) in [5, 5.41) is 4.60. The highest BCUT2D eigenvalue weighted by molar-refractivity contribution is 9.10. The van der Waals surface area contributed by atoms with E-state index in [0.29, 0.717) is 10.4 Å². The van der Waals surface area contributed by atoms with Crippen LogP contribution < -0.4 is 10.6 Å². The third kappa shape index (κ3) is 7.63. The molecule has 0 aliphatic rings. The molecule has 0 aromatic carbocycles. The fraction of sp³-hybridized carbons (Fsp3) is 0.357. The van der Waals surface area contributed by atoms with Crippen molar-refractivity contribution in [2.45, 2.75) is 26.3 Å². The smallest absolute Gasteiger partial charge is 0.331 e. The SMILES string of the molecule is CC(C)(C)NC(=O)NC(=O)COC(=O)/C=C/c1ccc(Br)o1. The van der Waals surface area contributed by atoms with Gasteiger partial charge in [-0.2, -0.15) is 0 Å². The minimum Gasteiger partial charge on any atom is -0.452 e. The monoisotopic (exact) mass is 372 g/mol. The molecule has 7 nitrogen and oxygen atoms in total. The van der Waals surface area contributed by atoms with Gasteiger partial charge < -0.3 is 14.5 Å². The second kappa shape index (κ2) is 7.79. The number of halogens is 1. The van der Waals surface area contributed by atoms with Crippen molar-refractivity contribution in [1.29, 1.82) is 0 Å². The number of carbonyl (C=O) groups excluding carboxylic acids is 3. The molecule has 8 heteroatoms. The average molecular weight is 373 g/mol. The van der Waals surface area contributed by atoms with E-state index < -0.39 is 30.1 Å². The van der Waals surface area contributed by atoms with Crippen LogP contribution in [0, 0.1) is 0 Å².